The van der Waals surface area contributed by atoms with Gasteiger partial charge in [0.25, 0.3) is 5.91 Å². The van der Waals surface area contributed by atoms with E-state index in [1.54, 1.807) is 12.1 Å². The average Bonchev–Trinajstić information content (AvgIpc) is 2.59. The minimum Gasteiger partial charge on any atom is -0.494 e. The van der Waals surface area contributed by atoms with Gasteiger partial charge in [0.05, 0.1) is 6.61 Å². The van der Waals surface area contributed by atoms with Crippen molar-refractivity contribution in [2.45, 2.75) is 32.1 Å². The predicted molar refractivity (Wildman–Crippen MR) is 98.3 cm³/mol. The number of nitrogens with zero attached hydrogens (tertiary/aromatic N) is 2. The topological polar surface area (TPSA) is 131 Å². The molecule has 0 spiro atoms. The maximum atomic E-state index is 12.3. The number of nitrogens with two attached hydrogens (primary N) is 2. The highest BCUT2D eigenvalue weighted by molar-refractivity contribution is 5.98. The summed E-state index contributed by atoms with van der Waals surface area (Å²) in [4.78, 5) is 28.4. The number of unbranched alkanes of at least 4 members (excludes halogenated alkanes) is 3. The standard InChI is InChI=1S/C18H26N4O4/c19-18(20)21-8-3-1-2-4-10-26-14-5-6-15-13(11-14)7-9-22(17(15)25)12-16(23)24/h5-6,11H,1-4,7-10,12H2,(H,23,24)(H4,19,20,21). The van der Waals surface area contributed by atoms with Crippen molar-refractivity contribution in [1.29, 1.82) is 0 Å². The number of carbonyl (C=O) groups is 2. The highest BCUT2D eigenvalue weighted by Crippen LogP contribution is 2.24. The number of hydrogen-bond acceptors (Lipinski definition) is 4. The number of benzene rings is 1. The van der Waals surface area contributed by atoms with Crippen LogP contribution in [0.2, 0.25) is 0 Å². The quantitative estimate of drug-likeness (QED) is 0.323. The molecule has 0 saturated carbocycles. The summed E-state index contributed by atoms with van der Waals surface area (Å²) < 4.78 is 5.76. The first-order valence-electron chi connectivity index (χ1n) is 8.79. The molecule has 8 heteroatoms. The van der Waals surface area contributed by atoms with E-state index in [1.165, 1.54) is 4.90 Å². The van der Waals surface area contributed by atoms with Crippen molar-refractivity contribution in [1.82, 2.24) is 4.90 Å². The third-order valence-electron chi connectivity index (χ3n) is 4.19. The van der Waals surface area contributed by atoms with Crippen LogP contribution in [0, 0.1) is 0 Å². The Hall–Kier alpha value is -2.77. The first-order chi connectivity index (χ1) is 12.5. The molecule has 0 unspecified atom stereocenters. The Kier molecular flexibility index (Phi) is 7.25. The molecule has 0 atom stereocenters. The molecule has 2 rings (SSSR count). The lowest BCUT2D eigenvalue weighted by atomic mass is 9.98. The minimum absolute atomic E-state index is 0.130. The van der Waals surface area contributed by atoms with Gasteiger partial charge in [0.2, 0.25) is 0 Å². The van der Waals surface area contributed by atoms with Crippen molar-refractivity contribution in [3.05, 3.63) is 29.3 Å². The van der Waals surface area contributed by atoms with E-state index in [0.29, 0.717) is 31.7 Å². The van der Waals surface area contributed by atoms with Crippen LogP contribution in [-0.4, -0.2) is 54.1 Å². The number of aliphatic imine (C=N–C) groups is 1. The number of hydrogen-bond donors (Lipinski definition) is 3. The molecule has 1 amide bonds. The van der Waals surface area contributed by atoms with Crippen LogP contribution in [0.25, 0.3) is 0 Å². The molecule has 0 bridgehead atoms. The van der Waals surface area contributed by atoms with Gasteiger partial charge in [-0.25, -0.2) is 0 Å². The van der Waals surface area contributed by atoms with Crippen LogP contribution in [0.3, 0.4) is 0 Å². The summed E-state index contributed by atoms with van der Waals surface area (Å²) >= 11 is 0. The smallest absolute Gasteiger partial charge is 0.323 e. The number of fused-ring (bicyclic) bond motifs is 1. The summed E-state index contributed by atoms with van der Waals surface area (Å²) in [7, 11) is 0. The van der Waals surface area contributed by atoms with Gasteiger partial charge < -0.3 is 26.2 Å². The van der Waals surface area contributed by atoms with Crippen molar-refractivity contribution >= 4 is 17.8 Å². The van der Waals surface area contributed by atoms with E-state index < -0.39 is 5.97 Å². The van der Waals surface area contributed by atoms with E-state index in [1.807, 2.05) is 6.07 Å². The number of aliphatic carboxylic acids is 1. The number of carbonyl (C=O) groups excluding carboxylic acids is 1. The van der Waals surface area contributed by atoms with E-state index in [0.717, 1.165) is 37.0 Å². The first kappa shape index (κ1) is 19.6. The molecule has 1 aromatic rings. The number of guanidine groups is 1. The normalized spacial score (nSPS) is 13.2. The molecule has 1 aromatic carbocycles. The van der Waals surface area contributed by atoms with Crippen LogP contribution in [0.15, 0.2) is 23.2 Å². The van der Waals surface area contributed by atoms with E-state index in [9.17, 15) is 9.59 Å². The van der Waals surface area contributed by atoms with E-state index in [4.69, 9.17) is 21.3 Å². The average molecular weight is 362 g/mol. The summed E-state index contributed by atoms with van der Waals surface area (Å²) in [5.41, 5.74) is 12.0. The van der Waals surface area contributed by atoms with Gasteiger partial charge in [0.1, 0.15) is 12.3 Å². The lowest BCUT2D eigenvalue weighted by Gasteiger charge is -2.27. The van der Waals surface area contributed by atoms with Crippen molar-refractivity contribution < 1.29 is 19.4 Å². The summed E-state index contributed by atoms with van der Waals surface area (Å²) in [5.74, 6) is -0.366. The van der Waals surface area contributed by atoms with Crippen molar-refractivity contribution in [2.24, 2.45) is 16.5 Å². The molecule has 26 heavy (non-hydrogen) atoms. The van der Waals surface area contributed by atoms with E-state index >= 15 is 0 Å². The minimum atomic E-state index is -1.000. The summed E-state index contributed by atoms with van der Waals surface area (Å²) in [5, 5.41) is 8.86. The second kappa shape index (κ2) is 9.65. The van der Waals surface area contributed by atoms with Crippen molar-refractivity contribution in [2.75, 3.05) is 26.2 Å². The fourth-order valence-electron chi connectivity index (χ4n) is 2.88. The molecule has 0 aliphatic carbocycles. The van der Waals surface area contributed by atoms with Crippen LogP contribution < -0.4 is 16.2 Å². The third kappa shape index (κ3) is 5.94. The summed E-state index contributed by atoms with van der Waals surface area (Å²) in [6.45, 7) is 1.41. The zero-order valence-electron chi connectivity index (χ0n) is 14.8. The molecule has 0 radical (unpaired) electrons. The highest BCUT2D eigenvalue weighted by Gasteiger charge is 2.25. The van der Waals surface area contributed by atoms with Crippen LogP contribution in [0.5, 0.6) is 5.75 Å². The second-order valence-corrected chi connectivity index (χ2v) is 6.26. The van der Waals surface area contributed by atoms with E-state index in [2.05, 4.69) is 4.99 Å². The van der Waals surface area contributed by atoms with Gasteiger partial charge in [-0.1, -0.05) is 6.42 Å². The maximum absolute atomic E-state index is 12.3. The molecule has 0 saturated heterocycles. The maximum Gasteiger partial charge on any atom is 0.323 e. The van der Waals surface area contributed by atoms with Crippen molar-refractivity contribution in [3.63, 3.8) is 0 Å². The Morgan fingerprint density at radius 3 is 2.73 bits per heavy atom. The molecular weight excluding hydrogens is 336 g/mol. The molecule has 0 aromatic heterocycles. The van der Waals surface area contributed by atoms with Gasteiger partial charge in [-0.05, 0) is 49.4 Å². The highest BCUT2D eigenvalue weighted by atomic mass is 16.5. The fraction of sp³-hybridized carbons (Fsp3) is 0.500. The largest absolute Gasteiger partial charge is 0.494 e. The Balaban J connectivity index is 1.75. The molecule has 8 nitrogen and oxygen atoms in total. The van der Waals surface area contributed by atoms with Gasteiger partial charge in [0.15, 0.2) is 5.96 Å². The van der Waals surface area contributed by atoms with Gasteiger partial charge in [-0.3, -0.25) is 14.6 Å². The second-order valence-electron chi connectivity index (χ2n) is 6.26. The lowest BCUT2D eigenvalue weighted by molar-refractivity contribution is -0.137. The van der Waals surface area contributed by atoms with Crippen LogP contribution in [0.4, 0.5) is 0 Å². The van der Waals surface area contributed by atoms with Crippen LogP contribution in [-0.2, 0) is 11.2 Å². The molecular formula is C18H26N4O4. The lowest BCUT2D eigenvalue weighted by Crippen LogP contribution is -2.40. The Morgan fingerprint density at radius 2 is 2.00 bits per heavy atom. The van der Waals surface area contributed by atoms with Crippen LogP contribution >= 0.6 is 0 Å². The number of carboxylic acid groups (broad SMARTS) is 1. The number of amides is 1. The first-order valence-corrected chi connectivity index (χ1v) is 8.79. The van der Waals surface area contributed by atoms with Gasteiger partial charge >= 0.3 is 5.97 Å². The Bertz CT molecular complexity index is 671. The van der Waals surface area contributed by atoms with Gasteiger partial charge in [-0.15, -0.1) is 0 Å². The third-order valence-corrected chi connectivity index (χ3v) is 4.19. The number of rotatable bonds is 10. The van der Waals surface area contributed by atoms with Gasteiger partial charge in [-0.2, -0.15) is 0 Å². The van der Waals surface area contributed by atoms with Gasteiger partial charge in [0, 0.05) is 18.7 Å². The monoisotopic (exact) mass is 362 g/mol. The Morgan fingerprint density at radius 1 is 1.23 bits per heavy atom. The van der Waals surface area contributed by atoms with Crippen molar-refractivity contribution in [3.8, 4) is 5.75 Å². The predicted octanol–water partition coefficient (Wildman–Crippen LogP) is 0.982. The Labute approximate surface area is 152 Å². The molecule has 1 aliphatic heterocycles. The number of carboxylic acids is 1. The molecule has 5 N–H and O–H groups in total. The molecule has 1 heterocycles. The zero-order chi connectivity index (χ0) is 18.9. The zero-order valence-corrected chi connectivity index (χ0v) is 14.8. The molecule has 1 aliphatic rings. The SMILES string of the molecule is NC(N)=NCCCCCCOc1ccc2c(c1)CCN(CC(=O)O)C2=O. The fourth-order valence-corrected chi connectivity index (χ4v) is 2.88. The number of ether oxygens (including phenoxy) is 1. The summed E-state index contributed by atoms with van der Waals surface area (Å²) in [6, 6.07) is 5.36. The molecule has 0 fully saturated rings. The van der Waals surface area contributed by atoms with E-state index in [-0.39, 0.29) is 18.4 Å². The van der Waals surface area contributed by atoms with Crippen LogP contribution in [0.1, 0.15) is 41.6 Å². The summed E-state index contributed by atoms with van der Waals surface area (Å²) in [6.07, 6.45) is 4.60. The molecule has 142 valence electrons.